The second-order valence-corrected chi connectivity index (χ2v) is 11.9. The van der Waals surface area contributed by atoms with Crippen LogP contribution in [-0.2, 0) is 28.4 Å². The molecule has 0 fully saturated rings. The van der Waals surface area contributed by atoms with Crippen LogP contribution in [0.3, 0.4) is 0 Å². The van der Waals surface area contributed by atoms with E-state index in [1.807, 2.05) is 43.3 Å². The molecule has 1 aromatic heterocycles. The van der Waals surface area contributed by atoms with Crippen molar-refractivity contribution < 1.29 is 22.0 Å². The van der Waals surface area contributed by atoms with E-state index >= 15 is 0 Å². The molecule has 39 heavy (non-hydrogen) atoms. The molecule has 4 rings (SSSR count). The number of hydrogen-bond acceptors (Lipinski definition) is 5. The molecule has 3 N–H and O–H groups in total. The third-order valence-electron chi connectivity index (χ3n) is 6.57. The maximum atomic E-state index is 13.2. The number of nitrogens with one attached hydrogen (secondary N) is 1. The number of anilines is 1. The van der Waals surface area contributed by atoms with Gasteiger partial charge < -0.3 is 15.5 Å². The van der Waals surface area contributed by atoms with E-state index in [-0.39, 0.29) is 17.3 Å². The van der Waals surface area contributed by atoms with Crippen LogP contribution < -0.4 is 15.4 Å². The maximum absolute atomic E-state index is 13.2. The van der Waals surface area contributed by atoms with Gasteiger partial charge >= 0.3 is 0 Å². The van der Waals surface area contributed by atoms with Crippen LogP contribution >= 0.6 is 0 Å². The number of halogens is 1. The minimum Gasteiger partial charge on any atom is -0.461 e. The molecular weight excluding hydrogens is 517 g/mol. The molecule has 0 aliphatic heterocycles. The zero-order chi connectivity index (χ0) is 28.2. The van der Waals surface area contributed by atoms with E-state index in [1.54, 1.807) is 30.3 Å². The Morgan fingerprint density at radius 1 is 1.03 bits per heavy atom. The number of carbonyl (C=O) groups excluding carboxylic acids is 1. The standard InChI is InChI=1S/C30H32FN3O4S/c1-30(32,24-7-5-4-6-8-24)20-27-13-14-28(38-27)22-17-23(19-26(18-22)34(2)39(3,36)37)29(35)33-16-15-21-9-11-25(31)12-10-21/h4-14,17-19H,15-16,20,32H2,1-3H3,(H,33,35). The number of carbonyl (C=O) groups is 1. The zero-order valence-electron chi connectivity index (χ0n) is 22.1. The van der Waals surface area contributed by atoms with Gasteiger partial charge in [0, 0.05) is 36.7 Å². The zero-order valence-corrected chi connectivity index (χ0v) is 23.0. The lowest BCUT2D eigenvalue weighted by molar-refractivity contribution is 0.0954. The lowest BCUT2D eigenvalue weighted by Gasteiger charge is -2.24. The summed E-state index contributed by atoms with van der Waals surface area (Å²) in [7, 11) is -2.15. The highest BCUT2D eigenvalue weighted by Crippen LogP contribution is 2.31. The van der Waals surface area contributed by atoms with E-state index in [1.165, 1.54) is 25.2 Å². The van der Waals surface area contributed by atoms with Crippen molar-refractivity contribution in [2.24, 2.45) is 5.73 Å². The number of benzene rings is 3. The van der Waals surface area contributed by atoms with Crippen molar-refractivity contribution in [2.45, 2.75) is 25.3 Å². The van der Waals surface area contributed by atoms with Gasteiger partial charge in [0.15, 0.2) is 0 Å². The summed E-state index contributed by atoms with van der Waals surface area (Å²) < 4.78 is 44.9. The van der Waals surface area contributed by atoms with Crippen molar-refractivity contribution in [3.63, 3.8) is 0 Å². The van der Waals surface area contributed by atoms with Crippen LogP contribution in [0.5, 0.6) is 0 Å². The largest absolute Gasteiger partial charge is 0.461 e. The van der Waals surface area contributed by atoms with E-state index in [0.29, 0.717) is 42.2 Å². The normalized spacial score (nSPS) is 13.1. The first-order valence-corrected chi connectivity index (χ1v) is 14.3. The number of rotatable bonds is 10. The molecule has 1 heterocycles. The lowest BCUT2D eigenvalue weighted by Crippen LogP contribution is -2.35. The van der Waals surface area contributed by atoms with Gasteiger partial charge in [0.2, 0.25) is 10.0 Å². The molecule has 204 valence electrons. The molecule has 1 atom stereocenters. The first kappa shape index (κ1) is 28.1. The molecule has 0 aliphatic rings. The molecule has 0 radical (unpaired) electrons. The molecule has 0 aliphatic carbocycles. The fourth-order valence-electron chi connectivity index (χ4n) is 4.24. The number of hydrogen-bond donors (Lipinski definition) is 2. The van der Waals surface area contributed by atoms with Crippen LogP contribution in [-0.4, -0.2) is 34.2 Å². The monoisotopic (exact) mass is 549 g/mol. The van der Waals surface area contributed by atoms with Gasteiger partial charge in [-0.15, -0.1) is 0 Å². The minimum absolute atomic E-state index is 0.281. The smallest absolute Gasteiger partial charge is 0.251 e. The third-order valence-corrected chi connectivity index (χ3v) is 7.78. The Hall–Kier alpha value is -3.95. The summed E-state index contributed by atoms with van der Waals surface area (Å²) in [4.78, 5) is 13.1. The SMILES string of the molecule is CN(c1cc(C(=O)NCCc2ccc(F)cc2)cc(-c2ccc(CC(C)(N)c3ccccc3)o2)c1)S(C)(=O)=O. The molecule has 1 unspecified atom stereocenters. The molecule has 1 amide bonds. The fourth-order valence-corrected chi connectivity index (χ4v) is 4.73. The fraction of sp³-hybridized carbons (Fsp3) is 0.233. The molecule has 3 aromatic carbocycles. The van der Waals surface area contributed by atoms with Crippen molar-refractivity contribution in [1.82, 2.24) is 5.32 Å². The van der Waals surface area contributed by atoms with Crippen LogP contribution in [0, 0.1) is 5.82 Å². The maximum Gasteiger partial charge on any atom is 0.251 e. The average Bonchev–Trinajstić information content (AvgIpc) is 3.37. The first-order valence-electron chi connectivity index (χ1n) is 12.5. The molecule has 7 nitrogen and oxygen atoms in total. The summed E-state index contributed by atoms with van der Waals surface area (Å²) in [5.74, 6) is 0.455. The Balaban J connectivity index is 1.58. The summed E-state index contributed by atoms with van der Waals surface area (Å²) >= 11 is 0. The summed E-state index contributed by atoms with van der Waals surface area (Å²) in [6.07, 6.45) is 2.05. The Labute approximate surface area is 228 Å². The van der Waals surface area contributed by atoms with Crippen LogP contribution in [0.4, 0.5) is 10.1 Å². The van der Waals surface area contributed by atoms with E-state index in [4.69, 9.17) is 10.2 Å². The van der Waals surface area contributed by atoms with Gasteiger partial charge in [-0.05, 0) is 66.9 Å². The van der Waals surface area contributed by atoms with Crippen molar-refractivity contribution in [2.75, 3.05) is 24.2 Å². The van der Waals surface area contributed by atoms with E-state index in [9.17, 15) is 17.6 Å². The molecule has 0 bridgehead atoms. The molecule has 9 heteroatoms. The average molecular weight is 550 g/mol. The number of sulfonamides is 1. The summed E-state index contributed by atoms with van der Waals surface area (Å²) in [5, 5.41) is 2.85. The van der Waals surface area contributed by atoms with Gasteiger partial charge in [-0.1, -0.05) is 42.5 Å². The number of furan rings is 1. The predicted octanol–water partition coefficient (Wildman–Crippen LogP) is 4.87. The van der Waals surface area contributed by atoms with Gasteiger partial charge in [0.25, 0.3) is 5.91 Å². The molecule has 0 spiro atoms. The second kappa shape index (κ2) is 11.4. The Kier molecular flexibility index (Phi) is 8.22. The van der Waals surface area contributed by atoms with Crippen molar-refractivity contribution in [3.8, 4) is 11.3 Å². The van der Waals surface area contributed by atoms with Crippen LogP contribution in [0.25, 0.3) is 11.3 Å². The van der Waals surface area contributed by atoms with Gasteiger partial charge in [0.05, 0.1) is 11.9 Å². The summed E-state index contributed by atoms with van der Waals surface area (Å²) in [6, 6.07) is 24.3. The van der Waals surface area contributed by atoms with Crippen molar-refractivity contribution in [1.29, 1.82) is 0 Å². The number of amides is 1. The molecular formula is C30H32FN3O4S. The topological polar surface area (TPSA) is 106 Å². The highest BCUT2D eigenvalue weighted by atomic mass is 32.2. The lowest BCUT2D eigenvalue weighted by atomic mass is 9.89. The van der Waals surface area contributed by atoms with E-state index in [0.717, 1.165) is 21.7 Å². The number of nitrogens with two attached hydrogens (primary N) is 1. The summed E-state index contributed by atoms with van der Waals surface area (Å²) in [6.45, 7) is 2.26. The first-order chi connectivity index (χ1) is 18.4. The highest BCUT2D eigenvalue weighted by Gasteiger charge is 2.24. The Bertz CT molecular complexity index is 1550. The van der Waals surface area contributed by atoms with Gasteiger partial charge in [-0.25, -0.2) is 12.8 Å². The van der Waals surface area contributed by atoms with Crippen LogP contribution in [0.15, 0.2) is 89.3 Å². The highest BCUT2D eigenvalue weighted by molar-refractivity contribution is 7.92. The summed E-state index contributed by atoms with van der Waals surface area (Å²) in [5.41, 5.74) is 8.93. The predicted molar refractivity (Wildman–Crippen MR) is 152 cm³/mol. The third kappa shape index (κ3) is 7.13. The minimum atomic E-state index is -3.58. The van der Waals surface area contributed by atoms with E-state index < -0.39 is 15.6 Å². The molecule has 0 saturated carbocycles. The van der Waals surface area contributed by atoms with Gasteiger partial charge in [-0.3, -0.25) is 9.10 Å². The second-order valence-electron chi connectivity index (χ2n) is 9.86. The Morgan fingerprint density at radius 3 is 2.38 bits per heavy atom. The number of nitrogens with zero attached hydrogens (tertiary/aromatic N) is 1. The van der Waals surface area contributed by atoms with Crippen LogP contribution in [0.2, 0.25) is 0 Å². The molecule has 4 aromatic rings. The van der Waals surface area contributed by atoms with Crippen LogP contribution in [0.1, 0.15) is 34.2 Å². The van der Waals surface area contributed by atoms with Gasteiger partial charge in [0.1, 0.15) is 17.3 Å². The van der Waals surface area contributed by atoms with Crippen molar-refractivity contribution >= 4 is 21.6 Å². The van der Waals surface area contributed by atoms with Crippen molar-refractivity contribution in [3.05, 3.63) is 113 Å². The van der Waals surface area contributed by atoms with E-state index in [2.05, 4.69) is 5.32 Å². The molecule has 0 saturated heterocycles. The quantitative estimate of drug-likeness (QED) is 0.294. The Morgan fingerprint density at radius 2 is 1.72 bits per heavy atom. The van der Waals surface area contributed by atoms with Gasteiger partial charge in [-0.2, -0.15) is 0 Å².